The SMILES string of the molecule is Cc1ccc(C23CC4CC(CC(NC(=O)NN=Cc5ccccc5[N+](=O)[O-])(C4)C2)C3)cc1. The van der Waals surface area contributed by atoms with Crippen molar-refractivity contribution < 1.29 is 9.72 Å². The minimum Gasteiger partial charge on any atom is -0.331 e. The first-order valence-electron chi connectivity index (χ1n) is 11.3. The lowest BCUT2D eigenvalue weighted by Gasteiger charge is -2.62. The molecule has 4 fully saturated rings. The fraction of sp³-hybridized carbons (Fsp3) is 0.440. The van der Waals surface area contributed by atoms with Crippen LogP contribution in [0.25, 0.3) is 0 Å². The number of rotatable bonds is 5. The van der Waals surface area contributed by atoms with Crippen LogP contribution < -0.4 is 10.7 Å². The number of nitro groups is 1. The average Bonchev–Trinajstić information content (AvgIpc) is 2.73. The molecule has 0 aliphatic heterocycles. The summed E-state index contributed by atoms with van der Waals surface area (Å²) in [6.45, 7) is 2.11. The van der Waals surface area contributed by atoms with Crippen LogP contribution in [-0.2, 0) is 5.41 Å². The van der Waals surface area contributed by atoms with Crippen LogP contribution in [0.4, 0.5) is 10.5 Å². The van der Waals surface area contributed by atoms with Gasteiger partial charge in [-0.3, -0.25) is 10.1 Å². The largest absolute Gasteiger partial charge is 0.335 e. The maximum Gasteiger partial charge on any atom is 0.335 e. The Morgan fingerprint density at radius 2 is 1.78 bits per heavy atom. The first-order chi connectivity index (χ1) is 15.4. The lowest BCUT2D eigenvalue weighted by Crippen LogP contribution is -2.65. The lowest BCUT2D eigenvalue weighted by molar-refractivity contribution is -0.385. The molecule has 166 valence electrons. The van der Waals surface area contributed by atoms with Crippen LogP contribution in [0.2, 0.25) is 0 Å². The Kier molecular flexibility index (Phi) is 4.99. The van der Waals surface area contributed by atoms with Crippen molar-refractivity contribution in [1.29, 1.82) is 0 Å². The highest BCUT2D eigenvalue weighted by Gasteiger charge is 2.58. The van der Waals surface area contributed by atoms with Crippen molar-refractivity contribution in [3.63, 3.8) is 0 Å². The summed E-state index contributed by atoms with van der Waals surface area (Å²) in [4.78, 5) is 23.4. The number of nitro benzene ring substituents is 1. The zero-order valence-electron chi connectivity index (χ0n) is 18.2. The number of aryl methyl sites for hydroxylation is 1. The number of nitrogens with one attached hydrogen (secondary N) is 2. The molecule has 0 saturated heterocycles. The minimum atomic E-state index is -0.457. The van der Waals surface area contributed by atoms with E-state index >= 15 is 0 Å². The molecule has 2 aromatic rings. The molecule has 7 nitrogen and oxygen atoms in total. The first kappa shape index (κ1) is 20.7. The number of amides is 2. The van der Waals surface area contributed by atoms with Gasteiger partial charge in [-0.1, -0.05) is 42.0 Å². The summed E-state index contributed by atoms with van der Waals surface area (Å²) in [5.74, 6) is 1.27. The number of nitrogens with zero attached hydrogens (tertiary/aromatic N) is 2. The van der Waals surface area contributed by atoms with Crippen molar-refractivity contribution in [2.24, 2.45) is 16.9 Å². The van der Waals surface area contributed by atoms with Crippen molar-refractivity contribution >= 4 is 17.9 Å². The molecule has 2 amide bonds. The molecule has 2 unspecified atom stereocenters. The molecular weight excluding hydrogens is 404 g/mol. The Bertz CT molecular complexity index is 1060. The molecule has 32 heavy (non-hydrogen) atoms. The standard InChI is InChI=1S/C25H28N4O3/c1-17-6-8-21(9-7-17)24-11-18-10-19(12-24)14-25(13-18,16-24)27-23(30)28-26-15-20-4-2-3-5-22(20)29(31)32/h2-9,15,18-19H,10-14,16H2,1H3,(H2,27,28,30). The van der Waals surface area contributed by atoms with E-state index in [1.807, 2.05) is 0 Å². The molecule has 2 aromatic carbocycles. The summed E-state index contributed by atoms with van der Waals surface area (Å²) in [5.41, 5.74) is 5.43. The van der Waals surface area contributed by atoms with E-state index in [4.69, 9.17) is 0 Å². The van der Waals surface area contributed by atoms with Crippen LogP contribution in [0.5, 0.6) is 0 Å². The summed E-state index contributed by atoms with van der Waals surface area (Å²) in [6, 6.07) is 14.9. The summed E-state index contributed by atoms with van der Waals surface area (Å²) in [5, 5.41) is 18.4. The average molecular weight is 433 g/mol. The van der Waals surface area contributed by atoms with Gasteiger partial charge in [-0.05, 0) is 74.3 Å². The maximum absolute atomic E-state index is 12.8. The van der Waals surface area contributed by atoms with Gasteiger partial charge in [-0.25, -0.2) is 10.2 Å². The molecular formula is C25H28N4O3. The van der Waals surface area contributed by atoms with E-state index in [0.29, 0.717) is 17.4 Å². The maximum atomic E-state index is 12.8. The number of hydrazone groups is 1. The minimum absolute atomic E-state index is 0.0421. The van der Waals surface area contributed by atoms with Crippen molar-refractivity contribution in [3.05, 3.63) is 75.3 Å². The number of para-hydroxylation sites is 1. The topological polar surface area (TPSA) is 96.6 Å². The van der Waals surface area contributed by atoms with E-state index in [1.165, 1.54) is 42.7 Å². The van der Waals surface area contributed by atoms with Crippen molar-refractivity contribution in [2.75, 3.05) is 0 Å². The van der Waals surface area contributed by atoms with Gasteiger partial charge in [0.15, 0.2) is 0 Å². The van der Waals surface area contributed by atoms with Crippen LogP contribution in [0.1, 0.15) is 55.2 Å². The van der Waals surface area contributed by atoms with Gasteiger partial charge >= 0.3 is 6.03 Å². The van der Waals surface area contributed by atoms with Gasteiger partial charge in [0.2, 0.25) is 0 Å². The van der Waals surface area contributed by atoms with Crippen LogP contribution >= 0.6 is 0 Å². The van der Waals surface area contributed by atoms with Gasteiger partial charge in [-0.2, -0.15) is 5.10 Å². The van der Waals surface area contributed by atoms with Crippen molar-refractivity contribution in [3.8, 4) is 0 Å². The second-order valence-corrected chi connectivity index (χ2v) is 10.0. The molecule has 0 aromatic heterocycles. The van der Waals surface area contributed by atoms with Gasteiger partial charge in [-0.15, -0.1) is 0 Å². The second kappa shape index (κ2) is 7.73. The molecule has 6 rings (SSSR count). The smallest absolute Gasteiger partial charge is 0.331 e. The van der Waals surface area contributed by atoms with Gasteiger partial charge in [0.25, 0.3) is 5.69 Å². The number of urea groups is 1. The number of carbonyl (C=O) groups is 1. The third kappa shape index (κ3) is 3.76. The van der Waals surface area contributed by atoms with E-state index in [1.54, 1.807) is 18.2 Å². The van der Waals surface area contributed by atoms with Crippen LogP contribution in [0, 0.1) is 28.9 Å². The summed E-state index contributed by atoms with van der Waals surface area (Å²) in [7, 11) is 0. The number of carbonyl (C=O) groups excluding carboxylic acids is 1. The zero-order chi connectivity index (χ0) is 22.3. The molecule has 4 aliphatic rings. The number of benzene rings is 2. The monoisotopic (exact) mass is 432 g/mol. The van der Waals surface area contributed by atoms with Crippen molar-refractivity contribution in [2.45, 2.75) is 56.4 Å². The van der Waals surface area contributed by atoms with E-state index < -0.39 is 4.92 Å². The molecule has 0 heterocycles. The second-order valence-electron chi connectivity index (χ2n) is 10.0. The summed E-state index contributed by atoms with van der Waals surface area (Å²) in [6.07, 6.45) is 7.97. The Balaban J connectivity index is 1.30. The third-order valence-corrected chi connectivity index (χ3v) is 7.61. The highest BCUT2D eigenvalue weighted by atomic mass is 16.6. The fourth-order valence-corrected chi connectivity index (χ4v) is 6.85. The van der Waals surface area contributed by atoms with E-state index in [-0.39, 0.29) is 22.7 Å². The Hall–Kier alpha value is -3.22. The van der Waals surface area contributed by atoms with E-state index in [0.717, 1.165) is 19.3 Å². The first-order valence-corrected chi connectivity index (χ1v) is 11.3. The van der Waals surface area contributed by atoms with Gasteiger partial charge in [0, 0.05) is 11.6 Å². The molecule has 4 saturated carbocycles. The van der Waals surface area contributed by atoms with Crippen LogP contribution in [0.3, 0.4) is 0 Å². The lowest BCUT2D eigenvalue weighted by atomic mass is 9.45. The van der Waals surface area contributed by atoms with E-state index in [9.17, 15) is 14.9 Å². The van der Waals surface area contributed by atoms with Crippen LogP contribution in [0.15, 0.2) is 53.6 Å². The van der Waals surface area contributed by atoms with Gasteiger partial charge in [0.1, 0.15) is 0 Å². The fourth-order valence-electron chi connectivity index (χ4n) is 6.85. The molecule has 0 radical (unpaired) electrons. The number of hydrogen-bond acceptors (Lipinski definition) is 4. The summed E-state index contributed by atoms with van der Waals surface area (Å²) >= 11 is 0. The van der Waals surface area contributed by atoms with E-state index in [2.05, 4.69) is 47.0 Å². The number of hydrogen-bond donors (Lipinski definition) is 2. The molecule has 4 aliphatic carbocycles. The zero-order valence-corrected chi connectivity index (χ0v) is 18.2. The quantitative estimate of drug-likeness (QED) is 0.402. The Morgan fingerprint density at radius 1 is 1.09 bits per heavy atom. The predicted octanol–water partition coefficient (Wildman–Crippen LogP) is 4.83. The summed E-state index contributed by atoms with van der Waals surface area (Å²) < 4.78 is 0. The van der Waals surface area contributed by atoms with Gasteiger partial charge in [0.05, 0.1) is 16.7 Å². The normalized spacial score (nSPS) is 30.4. The molecule has 7 heteroatoms. The molecule has 0 spiro atoms. The molecule has 2 N–H and O–H groups in total. The molecule has 2 atom stereocenters. The highest BCUT2D eigenvalue weighted by molar-refractivity contribution is 5.86. The Labute approximate surface area is 187 Å². The van der Waals surface area contributed by atoms with Gasteiger partial charge < -0.3 is 5.32 Å². The van der Waals surface area contributed by atoms with Crippen LogP contribution in [-0.4, -0.2) is 22.7 Å². The Morgan fingerprint density at radius 3 is 2.47 bits per heavy atom. The third-order valence-electron chi connectivity index (χ3n) is 7.61. The predicted molar refractivity (Wildman–Crippen MR) is 123 cm³/mol. The highest BCUT2D eigenvalue weighted by Crippen LogP contribution is 2.62. The molecule has 4 bridgehead atoms. The van der Waals surface area contributed by atoms with Crippen molar-refractivity contribution in [1.82, 2.24) is 10.7 Å².